The van der Waals surface area contributed by atoms with Crippen molar-refractivity contribution in [1.29, 1.82) is 0 Å². The van der Waals surface area contributed by atoms with E-state index in [0.717, 1.165) is 43.6 Å². The first-order chi connectivity index (χ1) is 11.7. The van der Waals surface area contributed by atoms with Crippen molar-refractivity contribution in [3.8, 4) is 11.3 Å². The summed E-state index contributed by atoms with van der Waals surface area (Å²) in [6, 6.07) is 13.3. The standard InChI is InChI=1S/C18H24N4OS/c1-2-19-18(24)20-13-7-4-8-14-22-17(23)12-11-16(21-22)15-9-5-3-6-10-15/h3,5-6,9-12H,2,4,7-8,13-14H2,1H3,(H2,19,20,24). The molecule has 0 amide bonds. The number of thiocarbonyl (C=S) groups is 1. The van der Waals surface area contributed by atoms with Crippen LogP contribution in [-0.4, -0.2) is 28.0 Å². The molecule has 0 spiro atoms. The van der Waals surface area contributed by atoms with Gasteiger partial charge in [-0.3, -0.25) is 4.79 Å². The summed E-state index contributed by atoms with van der Waals surface area (Å²) in [5.41, 5.74) is 1.79. The van der Waals surface area contributed by atoms with E-state index in [9.17, 15) is 4.79 Å². The van der Waals surface area contributed by atoms with Gasteiger partial charge in [0.1, 0.15) is 0 Å². The molecule has 1 heterocycles. The number of hydrogen-bond acceptors (Lipinski definition) is 3. The third-order valence-electron chi connectivity index (χ3n) is 3.61. The zero-order valence-corrected chi connectivity index (χ0v) is 14.8. The molecule has 0 saturated carbocycles. The van der Waals surface area contributed by atoms with Crippen LogP contribution in [0.4, 0.5) is 0 Å². The summed E-state index contributed by atoms with van der Waals surface area (Å²) in [6.45, 7) is 4.33. The van der Waals surface area contributed by atoms with E-state index in [4.69, 9.17) is 12.2 Å². The van der Waals surface area contributed by atoms with Crippen molar-refractivity contribution in [3.05, 3.63) is 52.8 Å². The number of hydrogen-bond donors (Lipinski definition) is 2. The Morgan fingerprint density at radius 2 is 1.88 bits per heavy atom. The highest BCUT2D eigenvalue weighted by atomic mass is 32.1. The summed E-state index contributed by atoms with van der Waals surface area (Å²) < 4.78 is 1.55. The third kappa shape index (κ3) is 5.77. The minimum Gasteiger partial charge on any atom is -0.363 e. The zero-order valence-electron chi connectivity index (χ0n) is 14.0. The fourth-order valence-electron chi connectivity index (χ4n) is 2.36. The maximum Gasteiger partial charge on any atom is 0.266 e. The molecule has 0 aliphatic rings. The Hall–Kier alpha value is -2.21. The average Bonchev–Trinajstić information content (AvgIpc) is 2.60. The summed E-state index contributed by atoms with van der Waals surface area (Å²) >= 11 is 5.11. The Balaban J connectivity index is 1.80. The summed E-state index contributed by atoms with van der Waals surface area (Å²) in [5, 5.41) is 11.4. The molecule has 5 nitrogen and oxygen atoms in total. The first kappa shape index (κ1) is 18.1. The Bertz CT molecular complexity index is 700. The lowest BCUT2D eigenvalue weighted by molar-refractivity contribution is 0.521. The van der Waals surface area contributed by atoms with Gasteiger partial charge in [-0.25, -0.2) is 4.68 Å². The van der Waals surface area contributed by atoms with E-state index in [1.807, 2.05) is 37.3 Å². The number of unbranched alkanes of at least 4 members (excludes halogenated alkanes) is 2. The van der Waals surface area contributed by atoms with Crippen LogP contribution in [0.25, 0.3) is 11.3 Å². The van der Waals surface area contributed by atoms with Crippen LogP contribution in [0.1, 0.15) is 26.2 Å². The van der Waals surface area contributed by atoms with E-state index in [-0.39, 0.29) is 5.56 Å². The smallest absolute Gasteiger partial charge is 0.266 e. The highest BCUT2D eigenvalue weighted by Gasteiger charge is 2.03. The van der Waals surface area contributed by atoms with Crippen molar-refractivity contribution in [2.45, 2.75) is 32.7 Å². The van der Waals surface area contributed by atoms with E-state index in [1.54, 1.807) is 16.8 Å². The van der Waals surface area contributed by atoms with Gasteiger partial charge in [0.15, 0.2) is 5.11 Å². The molecule has 6 heteroatoms. The number of nitrogens with one attached hydrogen (secondary N) is 2. The van der Waals surface area contributed by atoms with Crippen LogP contribution >= 0.6 is 12.2 Å². The van der Waals surface area contributed by atoms with Gasteiger partial charge in [-0.05, 0) is 44.5 Å². The summed E-state index contributed by atoms with van der Waals surface area (Å²) in [4.78, 5) is 11.9. The van der Waals surface area contributed by atoms with Crippen LogP contribution < -0.4 is 16.2 Å². The van der Waals surface area contributed by atoms with Gasteiger partial charge in [0.25, 0.3) is 5.56 Å². The highest BCUT2D eigenvalue weighted by molar-refractivity contribution is 7.80. The lowest BCUT2D eigenvalue weighted by Gasteiger charge is -2.09. The van der Waals surface area contributed by atoms with Crippen LogP contribution in [0, 0.1) is 0 Å². The maximum atomic E-state index is 11.9. The number of nitrogens with zero attached hydrogens (tertiary/aromatic N) is 2. The van der Waals surface area contributed by atoms with Gasteiger partial charge in [0.2, 0.25) is 0 Å². The molecule has 0 atom stereocenters. The molecule has 0 saturated heterocycles. The summed E-state index contributed by atoms with van der Waals surface area (Å²) in [6.07, 6.45) is 2.95. The highest BCUT2D eigenvalue weighted by Crippen LogP contribution is 2.14. The molecule has 1 aromatic heterocycles. The second-order valence-corrected chi connectivity index (χ2v) is 5.90. The molecule has 0 fully saturated rings. The molecule has 0 bridgehead atoms. The van der Waals surface area contributed by atoms with Gasteiger partial charge >= 0.3 is 0 Å². The quantitative estimate of drug-likeness (QED) is 0.569. The molecule has 0 unspecified atom stereocenters. The minimum atomic E-state index is -0.0545. The lowest BCUT2D eigenvalue weighted by atomic mass is 10.1. The Morgan fingerprint density at radius 1 is 1.08 bits per heavy atom. The number of benzene rings is 1. The molecule has 128 valence electrons. The van der Waals surface area contributed by atoms with E-state index in [1.165, 1.54) is 0 Å². The molecule has 2 rings (SSSR count). The largest absolute Gasteiger partial charge is 0.363 e. The topological polar surface area (TPSA) is 58.9 Å². The molecule has 0 aliphatic heterocycles. The van der Waals surface area contributed by atoms with Crippen LogP contribution in [-0.2, 0) is 6.54 Å². The SMILES string of the molecule is CCNC(=S)NCCCCCn1nc(-c2ccccc2)ccc1=O. The van der Waals surface area contributed by atoms with Gasteiger partial charge in [-0.15, -0.1) is 0 Å². The fourth-order valence-corrected chi connectivity index (χ4v) is 2.61. The molecular weight excluding hydrogens is 320 g/mol. The predicted molar refractivity (Wildman–Crippen MR) is 102 cm³/mol. The van der Waals surface area contributed by atoms with Crippen molar-refractivity contribution < 1.29 is 0 Å². The molecule has 0 aliphatic carbocycles. The second-order valence-electron chi connectivity index (χ2n) is 5.49. The van der Waals surface area contributed by atoms with Crippen LogP contribution in [0.3, 0.4) is 0 Å². The molecule has 24 heavy (non-hydrogen) atoms. The predicted octanol–water partition coefficient (Wildman–Crippen LogP) is 2.56. The van der Waals surface area contributed by atoms with Gasteiger partial charge in [0.05, 0.1) is 5.69 Å². The van der Waals surface area contributed by atoms with Crippen molar-refractivity contribution in [2.24, 2.45) is 0 Å². The first-order valence-electron chi connectivity index (χ1n) is 8.36. The van der Waals surface area contributed by atoms with Crippen LogP contribution in [0.5, 0.6) is 0 Å². The van der Waals surface area contributed by atoms with Gasteiger partial charge in [-0.1, -0.05) is 30.3 Å². The molecule has 2 N–H and O–H groups in total. The summed E-state index contributed by atoms with van der Waals surface area (Å²) in [5.74, 6) is 0. The van der Waals surface area contributed by atoms with Crippen LogP contribution in [0.15, 0.2) is 47.3 Å². The Kier molecular flexibility index (Phi) is 7.42. The molecule has 0 radical (unpaired) electrons. The minimum absolute atomic E-state index is 0.0545. The van der Waals surface area contributed by atoms with Crippen molar-refractivity contribution in [3.63, 3.8) is 0 Å². The Labute approximate surface area is 148 Å². The summed E-state index contributed by atoms with van der Waals surface area (Å²) in [7, 11) is 0. The van der Waals surface area contributed by atoms with Gasteiger partial charge < -0.3 is 10.6 Å². The van der Waals surface area contributed by atoms with E-state index < -0.39 is 0 Å². The average molecular weight is 344 g/mol. The molecular formula is C18H24N4OS. The monoisotopic (exact) mass is 344 g/mol. The molecule has 2 aromatic rings. The van der Waals surface area contributed by atoms with Crippen molar-refractivity contribution in [2.75, 3.05) is 13.1 Å². The molecule has 1 aromatic carbocycles. The lowest BCUT2D eigenvalue weighted by Crippen LogP contribution is -2.35. The van der Waals surface area contributed by atoms with Gasteiger partial charge in [-0.2, -0.15) is 5.10 Å². The van der Waals surface area contributed by atoms with Crippen LogP contribution in [0.2, 0.25) is 0 Å². The first-order valence-corrected chi connectivity index (χ1v) is 8.77. The van der Waals surface area contributed by atoms with Crippen molar-refractivity contribution >= 4 is 17.3 Å². The number of aryl methyl sites for hydroxylation is 1. The van der Waals surface area contributed by atoms with Gasteiger partial charge in [0, 0.05) is 31.3 Å². The van der Waals surface area contributed by atoms with E-state index in [2.05, 4.69) is 15.7 Å². The Morgan fingerprint density at radius 3 is 2.62 bits per heavy atom. The number of aromatic nitrogens is 2. The maximum absolute atomic E-state index is 11.9. The number of rotatable bonds is 8. The third-order valence-corrected chi connectivity index (χ3v) is 3.89. The van der Waals surface area contributed by atoms with Crippen molar-refractivity contribution in [1.82, 2.24) is 20.4 Å². The normalized spacial score (nSPS) is 10.4. The second kappa shape index (κ2) is 9.82. The fraction of sp³-hybridized carbons (Fsp3) is 0.389. The van der Waals surface area contributed by atoms with E-state index >= 15 is 0 Å². The van der Waals surface area contributed by atoms with E-state index in [0.29, 0.717) is 11.7 Å². The zero-order chi connectivity index (χ0) is 17.2.